The smallest absolute Gasteiger partial charge is 0.328 e. The van der Waals surface area contributed by atoms with E-state index in [4.69, 9.17) is 4.74 Å². The van der Waals surface area contributed by atoms with Gasteiger partial charge in [0.05, 0.1) is 6.61 Å². The van der Waals surface area contributed by atoms with Crippen LogP contribution in [0.25, 0.3) is 0 Å². The highest BCUT2D eigenvalue weighted by atomic mass is 16.5. The maximum atomic E-state index is 11.3. The molecule has 0 heterocycles. The number of nitrogens with zero attached hydrogens (tertiary/aromatic N) is 1. The topological polar surface area (TPSA) is 46.6 Å². The van der Waals surface area contributed by atoms with Crippen LogP contribution in [0.1, 0.15) is 20.3 Å². The first-order valence-electron chi connectivity index (χ1n) is 4.60. The second-order valence-electron chi connectivity index (χ2n) is 3.00. The summed E-state index contributed by atoms with van der Waals surface area (Å²) >= 11 is 0. The lowest BCUT2D eigenvalue weighted by atomic mass is 10.3. The molecule has 1 amide bonds. The number of ether oxygens (including phenoxy) is 1. The first-order valence-corrected chi connectivity index (χ1v) is 4.60. The number of carbonyl (C=O) groups is 2. The molecule has 0 fully saturated rings. The van der Waals surface area contributed by atoms with E-state index in [1.807, 2.05) is 6.92 Å². The summed E-state index contributed by atoms with van der Waals surface area (Å²) in [4.78, 5) is 23.7. The molecule has 14 heavy (non-hydrogen) atoms. The molecule has 4 heteroatoms. The van der Waals surface area contributed by atoms with Crippen LogP contribution in [0.3, 0.4) is 0 Å². The number of hydrogen-bond acceptors (Lipinski definition) is 3. The van der Waals surface area contributed by atoms with Crippen LogP contribution in [0, 0.1) is 0 Å². The molecule has 0 aromatic rings. The molecule has 0 radical (unpaired) electrons. The Bertz CT molecular complexity index is 225. The van der Waals surface area contributed by atoms with Gasteiger partial charge in [0.1, 0.15) is 6.04 Å². The molecule has 0 saturated heterocycles. The van der Waals surface area contributed by atoms with Crippen molar-refractivity contribution in [3.63, 3.8) is 0 Å². The third-order valence-electron chi connectivity index (χ3n) is 1.89. The highest BCUT2D eigenvalue weighted by molar-refractivity contribution is 5.90. The predicted octanol–water partition coefficient (Wildman–Crippen LogP) is 0.972. The molecular formula is C10H17NO3. The lowest BCUT2D eigenvalue weighted by Gasteiger charge is -2.21. The van der Waals surface area contributed by atoms with Gasteiger partial charge >= 0.3 is 5.97 Å². The van der Waals surface area contributed by atoms with Crippen LogP contribution in [0.15, 0.2) is 12.7 Å². The Morgan fingerprint density at radius 2 is 2.14 bits per heavy atom. The average molecular weight is 199 g/mol. The van der Waals surface area contributed by atoms with Gasteiger partial charge in [-0.1, -0.05) is 13.5 Å². The Morgan fingerprint density at radius 3 is 2.57 bits per heavy atom. The zero-order chi connectivity index (χ0) is 11.1. The number of carbonyl (C=O) groups excluding carboxylic acids is 2. The van der Waals surface area contributed by atoms with E-state index in [9.17, 15) is 9.59 Å². The molecule has 1 atom stereocenters. The fourth-order valence-corrected chi connectivity index (χ4v) is 0.816. The van der Waals surface area contributed by atoms with E-state index >= 15 is 0 Å². The molecule has 0 aromatic carbocycles. The van der Waals surface area contributed by atoms with Crippen molar-refractivity contribution in [2.75, 3.05) is 13.7 Å². The zero-order valence-electron chi connectivity index (χ0n) is 8.95. The quantitative estimate of drug-likeness (QED) is 0.489. The first kappa shape index (κ1) is 12.7. The predicted molar refractivity (Wildman–Crippen MR) is 53.7 cm³/mol. The Morgan fingerprint density at radius 1 is 1.57 bits per heavy atom. The summed E-state index contributed by atoms with van der Waals surface area (Å²) in [5.41, 5.74) is 0. The number of hydrogen-bond donors (Lipinski definition) is 0. The van der Waals surface area contributed by atoms with Crippen molar-refractivity contribution in [2.45, 2.75) is 26.3 Å². The van der Waals surface area contributed by atoms with Crippen LogP contribution in [-0.2, 0) is 14.3 Å². The monoisotopic (exact) mass is 199 g/mol. The molecule has 0 aromatic heterocycles. The minimum absolute atomic E-state index is 0.286. The van der Waals surface area contributed by atoms with Crippen molar-refractivity contribution in [3.05, 3.63) is 12.7 Å². The second kappa shape index (κ2) is 6.18. The van der Waals surface area contributed by atoms with Crippen molar-refractivity contribution < 1.29 is 14.3 Å². The van der Waals surface area contributed by atoms with Crippen molar-refractivity contribution in [3.8, 4) is 0 Å². The summed E-state index contributed by atoms with van der Waals surface area (Å²) in [6.45, 7) is 7.27. The summed E-state index contributed by atoms with van der Waals surface area (Å²) in [5.74, 6) is -0.671. The van der Waals surface area contributed by atoms with Gasteiger partial charge < -0.3 is 9.64 Å². The first-order chi connectivity index (χ1) is 6.54. The molecule has 80 valence electrons. The third kappa shape index (κ3) is 3.60. The summed E-state index contributed by atoms with van der Waals surface area (Å²) in [5, 5.41) is 0. The Hall–Kier alpha value is -1.32. The lowest BCUT2D eigenvalue weighted by Crippen LogP contribution is -2.40. The van der Waals surface area contributed by atoms with E-state index in [1.54, 1.807) is 14.0 Å². The minimum atomic E-state index is -0.563. The van der Waals surface area contributed by atoms with E-state index in [0.29, 0.717) is 6.61 Å². The molecule has 4 nitrogen and oxygen atoms in total. The maximum absolute atomic E-state index is 11.3. The molecular weight excluding hydrogens is 182 g/mol. The van der Waals surface area contributed by atoms with Crippen molar-refractivity contribution in [1.29, 1.82) is 0 Å². The highest BCUT2D eigenvalue weighted by Gasteiger charge is 2.21. The van der Waals surface area contributed by atoms with E-state index in [1.165, 1.54) is 11.0 Å². The van der Waals surface area contributed by atoms with Crippen LogP contribution < -0.4 is 0 Å². The minimum Gasteiger partial charge on any atom is -0.464 e. The zero-order valence-corrected chi connectivity index (χ0v) is 8.95. The van der Waals surface area contributed by atoms with Gasteiger partial charge in [-0.25, -0.2) is 4.79 Å². The van der Waals surface area contributed by atoms with E-state index in [2.05, 4.69) is 6.58 Å². The van der Waals surface area contributed by atoms with Crippen molar-refractivity contribution in [1.82, 2.24) is 4.90 Å². The molecule has 0 spiro atoms. The van der Waals surface area contributed by atoms with Gasteiger partial charge in [-0.2, -0.15) is 0 Å². The molecule has 0 bridgehead atoms. The van der Waals surface area contributed by atoms with E-state index in [0.717, 1.165) is 6.42 Å². The number of amides is 1. The standard InChI is InChI=1S/C10H17NO3/c1-5-7-14-10(13)8(3)11(4)9(12)6-2/h6,8H,2,5,7H2,1,3-4H3. The highest BCUT2D eigenvalue weighted by Crippen LogP contribution is 2.00. The van der Waals surface area contributed by atoms with Crippen LogP contribution in [-0.4, -0.2) is 36.5 Å². The molecule has 0 aliphatic carbocycles. The van der Waals surface area contributed by atoms with Gasteiger partial charge in [0.2, 0.25) is 5.91 Å². The molecule has 1 unspecified atom stereocenters. The molecule has 0 saturated carbocycles. The van der Waals surface area contributed by atoms with Gasteiger partial charge in [0, 0.05) is 7.05 Å². The van der Waals surface area contributed by atoms with Crippen molar-refractivity contribution >= 4 is 11.9 Å². The third-order valence-corrected chi connectivity index (χ3v) is 1.89. The Balaban J connectivity index is 4.16. The van der Waals surface area contributed by atoms with Gasteiger partial charge in [0.25, 0.3) is 0 Å². The summed E-state index contributed by atoms with van der Waals surface area (Å²) in [6, 6.07) is -0.563. The average Bonchev–Trinajstić information content (AvgIpc) is 2.22. The van der Waals surface area contributed by atoms with Gasteiger partial charge in [0.15, 0.2) is 0 Å². The van der Waals surface area contributed by atoms with Crippen LogP contribution in [0.4, 0.5) is 0 Å². The van der Waals surface area contributed by atoms with Gasteiger partial charge in [-0.05, 0) is 19.4 Å². The Kier molecular flexibility index (Phi) is 5.60. The summed E-state index contributed by atoms with van der Waals surface area (Å²) in [6.07, 6.45) is 1.95. The van der Waals surface area contributed by atoms with Crippen LogP contribution in [0.5, 0.6) is 0 Å². The van der Waals surface area contributed by atoms with E-state index in [-0.39, 0.29) is 11.9 Å². The van der Waals surface area contributed by atoms with Crippen LogP contribution >= 0.6 is 0 Å². The summed E-state index contributed by atoms with van der Waals surface area (Å²) < 4.78 is 4.90. The maximum Gasteiger partial charge on any atom is 0.328 e. The van der Waals surface area contributed by atoms with E-state index < -0.39 is 6.04 Å². The second-order valence-corrected chi connectivity index (χ2v) is 3.00. The van der Waals surface area contributed by atoms with Crippen molar-refractivity contribution in [2.24, 2.45) is 0 Å². The molecule has 0 N–H and O–H groups in total. The Labute approximate surface area is 84.5 Å². The number of esters is 1. The molecule has 0 aliphatic heterocycles. The fraction of sp³-hybridized carbons (Fsp3) is 0.600. The fourth-order valence-electron chi connectivity index (χ4n) is 0.816. The number of likely N-dealkylation sites (N-methyl/N-ethyl adjacent to an activating group) is 1. The summed E-state index contributed by atoms with van der Waals surface area (Å²) in [7, 11) is 1.54. The van der Waals surface area contributed by atoms with Gasteiger partial charge in [-0.15, -0.1) is 0 Å². The normalized spacial score (nSPS) is 11.6. The SMILES string of the molecule is C=CC(=O)N(C)C(C)C(=O)OCCC. The lowest BCUT2D eigenvalue weighted by molar-refractivity contribution is -0.152. The molecule has 0 aliphatic rings. The molecule has 0 rings (SSSR count). The number of rotatable bonds is 5. The van der Waals surface area contributed by atoms with Crippen LogP contribution in [0.2, 0.25) is 0 Å². The van der Waals surface area contributed by atoms with Gasteiger partial charge in [-0.3, -0.25) is 4.79 Å². The largest absolute Gasteiger partial charge is 0.464 e.